The molecule has 4 aromatic rings. The number of halogens is 1. The van der Waals surface area contributed by atoms with Crippen molar-refractivity contribution in [2.45, 2.75) is 6.54 Å². The summed E-state index contributed by atoms with van der Waals surface area (Å²) in [6.07, 6.45) is 0. The van der Waals surface area contributed by atoms with E-state index < -0.39 is 0 Å². The molecule has 26 heavy (non-hydrogen) atoms. The number of methoxy groups -OCH3 is 1. The van der Waals surface area contributed by atoms with Gasteiger partial charge in [-0.25, -0.2) is 4.98 Å². The second-order valence-electron chi connectivity index (χ2n) is 5.54. The predicted molar refractivity (Wildman–Crippen MR) is 106 cm³/mol. The molecule has 0 fully saturated rings. The molecule has 8 heteroatoms. The molecule has 0 unspecified atom stereocenters. The minimum Gasteiger partial charge on any atom is -0.383 e. The number of amides is 1. The highest BCUT2D eigenvalue weighted by Crippen LogP contribution is 2.23. The SMILES string of the molecule is COCCn1c(=NC(=O)c2nc3ccccc3s2)sc2cc(Cl)ccc21. The molecule has 132 valence electrons. The van der Waals surface area contributed by atoms with Crippen molar-refractivity contribution in [1.29, 1.82) is 0 Å². The summed E-state index contributed by atoms with van der Waals surface area (Å²) in [5.74, 6) is -0.338. The summed E-state index contributed by atoms with van der Waals surface area (Å²) in [5, 5.41) is 1.04. The van der Waals surface area contributed by atoms with Gasteiger partial charge in [-0.1, -0.05) is 35.1 Å². The molecule has 0 spiro atoms. The Labute approximate surface area is 162 Å². The Hall–Kier alpha value is -2.06. The van der Waals surface area contributed by atoms with Gasteiger partial charge >= 0.3 is 5.91 Å². The molecule has 0 aliphatic carbocycles. The molecule has 0 atom stereocenters. The number of aromatic nitrogens is 2. The number of hydrogen-bond donors (Lipinski definition) is 0. The van der Waals surface area contributed by atoms with Crippen molar-refractivity contribution in [3.05, 3.63) is 57.3 Å². The van der Waals surface area contributed by atoms with E-state index in [0.717, 1.165) is 20.4 Å². The molecule has 0 N–H and O–H groups in total. The van der Waals surface area contributed by atoms with Crippen molar-refractivity contribution in [2.24, 2.45) is 4.99 Å². The Balaban J connectivity index is 1.81. The van der Waals surface area contributed by atoms with E-state index in [2.05, 4.69) is 9.98 Å². The monoisotopic (exact) mass is 403 g/mol. The maximum Gasteiger partial charge on any atom is 0.308 e. The number of nitrogens with zero attached hydrogens (tertiary/aromatic N) is 3. The molecule has 2 aromatic carbocycles. The van der Waals surface area contributed by atoms with Crippen LogP contribution in [-0.2, 0) is 11.3 Å². The van der Waals surface area contributed by atoms with Crippen LogP contribution < -0.4 is 4.80 Å². The van der Waals surface area contributed by atoms with Crippen LogP contribution >= 0.6 is 34.3 Å². The lowest BCUT2D eigenvalue weighted by Gasteiger charge is -2.03. The van der Waals surface area contributed by atoms with Gasteiger partial charge in [-0.15, -0.1) is 11.3 Å². The summed E-state index contributed by atoms with van der Waals surface area (Å²) in [7, 11) is 1.65. The number of carbonyl (C=O) groups is 1. The van der Waals surface area contributed by atoms with E-state index in [-0.39, 0.29) is 5.91 Å². The van der Waals surface area contributed by atoms with Gasteiger partial charge in [0, 0.05) is 18.7 Å². The fourth-order valence-corrected chi connectivity index (χ4v) is 4.81. The van der Waals surface area contributed by atoms with E-state index >= 15 is 0 Å². The molecule has 2 heterocycles. The fourth-order valence-electron chi connectivity index (χ4n) is 2.63. The van der Waals surface area contributed by atoms with Crippen LogP contribution in [0.5, 0.6) is 0 Å². The van der Waals surface area contributed by atoms with Crippen LogP contribution in [0.15, 0.2) is 47.5 Å². The molecule has 5 nitrogen and oxygen atoms in total. The van der Waals surface area contributed by atoms with Crippen LogP contribution in [0, 0.1) is 0 Å². The summed E-state index contributed by atoms with van der Waals surface area (Å²) in [4.78, 5) is 22.0. The van der Waals surface area contributed by atoms with Gasteiger partial charge < -0.3 is 9.30 Å². The van der Waals surface area contributed by atoms with Crippen molar-refractivity contribution in [2.75, 3.05) is 13.7 Å². The Bertz CT molecular complexity index is 1140. The van der Waals surface area contributed by atoms with Gasteiger partial charge in [-0.3, -0.25) is 4.79 Å². The quantitative estimate of drug-likeness (QED) is 0.509. The highest BCUT2D eigenvalue weighted by atomic mass is 35.5. The lowest BCUT2D eigenvalue weighted by Crippen LogP contribution is -2.19. The van der Waals surface area contributed by atoms with Crippen molar-refractivity contribution < 1.29 is 9.53 Å². The zero-order chi connectivity index (χ0) is 18.1. The van der Waals surface area contributed by atoms with E-state index in [1.54, 1.807) is 7.11 Å². The number of fused-ring (bicyclic) bond motifs is 2. The summed E-state index contributed by atoms with van der Waals surface area (Å²) >= 11 is 8.88. The largest absolute Gasteiger partial charge is 0.383 e. The lowest BCUT2D eigenvalue weighted by atomic mass is 10.3. The minimum absolute atomic E-state index is 0.338. The third-order valence-corrected chi connectivity index (χ3v) is 6.14. The van der Waals surface area contributed by atoms with Crippen LogP contribution in [0.3, 0.4) is 0 Å². The van der Waals surface area contributed by atoms with E-state index in [1.165, 1.54) is 22.7 Å². The topological polar surface area (TPSA) is 56.5 Å². The maximum atomic E-state index is 12.7. The molecule has 0 aliphatic rings. The first kappa shape index (κ1) is 17.4. The van der Waals surface area contributed by atoms with E-state index in [9.17, 15) is 4.79 Å². The molecule has 0 saturated heterocycles. The molecule has 0 aliphatic heterocycles. The van der Waals surface area contributed by atoms with Crippen LogP contribution in [0.25, 0.3) is 20.4 Å². The molecule has 0 bridgehead atoms. The van der Waals surface area contributed by atoms with E-state index in [4.69, 9.17) is 16.3 Å². The Morgan fingerprint density at radius 3 is 2.88 bits per heavy atom. The van der Waals surface area contributed by atoms with Gasteiger partial charge in [0.25, 0.3) is 0 Å². The molecule has 0 saturated carbocycles. The van der Waals surface area contributed by atoms with Crippen molar-refractivity contribution in [3.8, 4) is 0 Å². The number of thiazole rings is 2. The third-order valence-electron chi connectivity index (χ3n) is 3.84. The second-order valence-corrected chi connectivity index (χ2v) is 8.02. The Kier molecular flexibility index (Phi) is 4.86. The molecule has 0 radical (unpaired) electrons. The smallest absolute Gasteiger partial charge is 0.308 e. The Morgan fingerprint density at radius 1 is 1.23 bits per heavy atom. The van der Waals surface area contributed by atoms with Crippen molar-refractivity contribution >= 4 is 60.6 Å². The summed E-state index contributed by atoms with van der Waals surface area (Å²) < 4.78 is 9.12. The van der Waals surface area contributed by atoms with Gasteiger partial charge in [0.2, 0.25) is 0 Å². The van der Waals surface area contributed by atoms with Gasteiger partial charge in [0.05, 0.1) is 27.0 Å². The van der Waals surface area contributed by atoms with Gasteiger partial charge in [-0.05, 0) is 30.3 Å². The zero-order valence-corrected chi connectivity index (χ0v) is 16.2. The van der Waals surface area contributed by atoms with Crippen molar-refractivity contribution in [1.82, 2.24) is 9.55 Å². The van der Waals surface area contributed by atoms with Crippen LogP contribution in [0.2, 0.25) is 5.02 Å². The van der Waals surface area contributed by atoms with Gasteiger partial charge in [0.15, 0.2) is 9.81 Å². The first-order chi connectivity index (χ1) is 12.7. The summed E-state index contributed by atoms with van der Waals surface area (Å²) in [6.45, 7) is 1.13. The number of ether oxygens (including phenoxy) is 1. The van der Waals surface area contributed by atoms with Crippen LogP contribution in [-0.4, -0.2) is 29.2 Å². The minimum atomic E-state index is -0.338. The zero-order valence-electron chi connectivity index (χ0n) is 13.8. The predicted octanol–water partition coefficient (Wildman–Crippen LogP) is 4.35. The first-order valence-electron chi connectivity index (χ1n) is 7.88. The summed E-state index contributed by atoms with van der Waals surface area (Å²) in [5.41, 5.74) is 1.79. The van der Waals surface area contributed by atoms with E-state index in [0.29, 0.717) is 28.0 Å². The van der Waals surface area contributed by atoms with Crippen LogP contribution in [0.1, 0.15) is 9.80 Å². The summed E-state index contributed by atoms with van der Waals surface area (Å²) in [6, 6.07) is 13.3. The number of carbonyl (C=O) groups excluding carboxylic acids is 1. The van der Waals surface area contributed by atoms with Gasteiger partial charge in [0.1, 0.15) is 0 Å². The fraction of sp³-hybridized carbons (Fsp3) is 0.167. The first-order valence-corrected chi connectivity index (χ1v) is 9.89. The average molecular weight is 404 g/mol. The third kappa shape index (κ3) is 3.31. The standard InChI is InChI=1S/C18H14ClN3O2S2/c1-24-9-8-22-13-7-6-11(19)10-15(13)26-18(22)21-16(23)17-20-12-4-2-3-5-14(12)25-17/h2-7,10H,8-9H2,1H3. The normalized spacial score (nSPS) is 12.3. The molecular formula is C18H14ClN3O2S2. The maximum absolute atomic E-state index is 12.7. The Morgan fingerprint density at radius 2 is 2.08 bits per heavy atom. The molecule has 4 rings (SSSR count). The molecule has 1 amide bonds. The van der Waals surface area contributed by atoms with E-state index in [1.807, 2.05) is 47.0 Å². The average Bonchev–Trinajstić information content (AvgIpc) is 3.20. The number of rotatable bonds is 4. The van der Waals surface area contributed by atoms with Gasteiger partial charge in [-0.2, -0.15) is 4.99 Å². The van der Waals surface area contributed by atoms with Crippen LogP contribution in [0.4, 0.5) is 0 Å². The highest BCUT2D eigenvalue weighted by Gasteiger charge is 2.13. The molecule has 2 aromatic heterocycles. The number of para-hydroxylation sites is 1. The lowest BCUT2D eigenvalue weighted by molar-refractivity contribution is 0.0997. The molecular weight excluding hydrogens is 390 g/mol. The number of benzene rings is 2. The number of hydrogen-bond acceptors (Lipinski definition) is 5. The second kappa shape index (κ2) is 7.28. The highest BCUT2D eigenvalue weighted by molar-refractivity contribution is 7.20. The van der Waals surface area contributed by atoms with Crippen molar-refractivity contribution in [3.63, 3.8) is 0 Å².